The van der Waals surface area contributed by atoms with E-state index < -0.39 is 12.7 Å². The fourth-order valence-corrected chi connectivity index (χ4v) is 3.89. The molecule has 5 nitrogen and oxygen atoms in total. The number of likely N-dealkylation sites (tertiary alicyclic amines) is 1. The summed E-state index contributed by atoms with van der Waals surface area (Å²) in [7, 11) is 0. The van der Waals surface area contributed by atoms with Crippen LogP contribution in [0.25, 0.3) is 0 Å². The summed E-state index contributed by atoms with van der Waals surface area (Å²) >= 11 is 0. The number of ether oxygens (including phenoxy) is 1. The standard InChI is InChI=1S/C24H27F3N2O3/c1-17(18-11-13-29(14-12-18)16-24(25,26)27)28-22(30)15-32-21-9-7-20(8-10-21)23(31)19-5-3-2-4-6-19/h2-10,17-18H,11-16H2,1H3,(H,28,30)/t17-/m1/s1. The SMILES string of the molecule is C[C@@H](NC(=O)COc1ccc(C(=O)c2ccccc2)cc1)C1CCN(CC(F)(F)F)CC1. The third kappa shape index (κ3) is 7.09. The first-order chi connectivity index (χ1) is 15.2. The predicted octanol–water partition coefficient (Wildman–Crippen LogP) is 4.08. The summed E-state index contributed by atoms with van der Waals surface area (Å²) in [4.78, 5) is 26.1. The zero-order valence-corrected chi connectivity index (χ0v) is 17.9. The molecule has 1 aliphatic rings. The number of amides is 1. The van der Waals surface area contributed by atoms with Gasteiger partial charge in [-0.15, -0.1) is 0 Å². The number of rotatable bonds is 8. The van der Waals surface area contributed by atoms with Crippen LogP contribution < -0.4 is 10.1 Å². The lowest BCUT2D eigenvalue weighted by atomic mass is 9.90. The summed E-state index contributed by atoms with van der Waals surface area (Å²) in [6.45, 7) is 1.54. The molecule has 1 atom stereocenters. The van der Waals surface area contributed by atoms with Gasteiger partial charge in [0.15, 0.2) is 12.4 Å². The van der Waals surface area contributed by atoms with Crippen molar-refractivity contribution in [1.29, 1.82) is 0 Å². The third-order valence-electron chi connectivity index (χ3n) is 5.65. The fourth-order valence-electron chi connectivity index (χ4n) is 3.89. The van der Waals surface area contributed by atoms with Crippen LogP contribution in [-0.2, 0) is 4.79 Å². The maximum Gasteiger partial charge on any atom is 0.401 e. The van der Waals surface area contributed by atoms with Crippen LogP contribution >= 0.6 is 0 Å². The van der Waals surface area contributed by atoms with Crippen LogP contribution in [0.2, 0.25) is 0 Å². The van der Waals surface area contributed by atoms with Gasteiger partial charge in [0.1, 0.15) is 5.75 Å². The van der Waals surface area contributed by atoms with Crippen LogP contribution in [0.1, 0.15) is 35.7 Å². The van der Waals surface area contributed by atoms with Crippen molar-refractivity contribution < 1.29 is 27.5 Å². The summed E-state index contributed by atoms with van der Waals surface area (Å²) in [5.74, 6) is 0.217. The van der Waals surface area contributed by atoms with Crippen molar-refractivity contribution in [2.24, 2.45) is 5.92 Å². The molecule has 32 heavy (non-hydrogen) atoms. The van der Waals surface area contributed by atoms with E-state index >= 15 is 0 Å². The summed E-state index contributed by atoms with van der Waals surface area (Å²) in [6, 6.07) is 15.4. The lowest BCUT2D eigenvalue weighted by Gasteiger charge is -2.35. The molecule has 0 unspecified atom stereocenters. The van der Waals surface area contributed by atoms with Gasteiger partial charge in [-0.05, 0) is 63.0 Å². The molecule has 1 heterocycles. The number of hydrogen-bond acceptors (Lipinski definition) is 4. The second-order valence-electron chi connectivity index (χ2n) is 8.09. The highest BCUT2D eigenvalue weighted by Gasteiger charge is 2.33. The van der Waals surface area contributed by atoms with Crippen molar-refractivity contribution in [3.05, 3.63) is 65.7 Å². The maximum absolute atomic E-state index is 12.5. The minimum atomic E-state index is -4.18. The molecule has 1 N–H and O–H groups in total. The first-order valence-corrected chi connectivity index (χ1v) is 10.6. The van der Waals surface area contributed by atoms with Crippen molar-refractivity contribution in [1.82, 2.24) is 10.2 Å². The number of ketones is 1. The summed E-state index contributed by atoms with van der Waals surface area (Å²) < 4.78 is 43.0. The molecule has 0 aliphatic carbocycles. The van der Waals surface area contributed by atoms with Gasteiger partial charge in [0.25, 0.3) is 5.91 Å². The summed E-state index contributed by atoms with van der Waals surface area (Å²) in [6.07, 6.45) is -2.97. The van der Waals surface area contributed by atoms with E-state index in [0.29, 0.717) is 42.8 Å². The molecule has 3 rings (SSSR count). The Morgan fingerprint density at radius 1 is 1.03 bits per heavy atom. The molecule has 0 aromatic heterocycles. The highest BCUT2D eigenvalue weighted by Crippen LogP contribution is 2.24. The van der Waals surface area contributed by atoms with E-state index in [1.807, 2.05) is 13.0 Å². The van der Waals surface area contributed by atoms with Crippen LogP contribution in [0.3, 0.4) is 0 Å². The van der Waals surface area contributed by atoms with Crippen molar-refractivity contribution in [2.75, 3.05) is 26.2 Å². The fraction of sp³-hybridized carbons (Fsp3) is 0.417. The molecule has 0 saturated carbocycles. The lowest BCUT2D eigenvalue weighted by molar-refractivity contribution is -0.148. The Balaban J connectivity index is 1.41. The van der Waals surface area contributed by atoms with Crippen LogP contribution in [0.15, 0.2) is 54.6 Å². The molecule has 0 radical (unpaired) electrons. The largest absolute Gasteiger partial charge is 0.484 e. The molecule has 172 valence electrons. The number of nitrogens with one attached hydrogen (secondary N) is 1. The van der Waals surface area contributed by atoms with E-state index in [-0.39, 0.29) is 30.3 Å². The van der Waals surface area contributed by atoms with Crippen molar-refractivity contribution in [3.63, 3.8) is 0 Å². The topological polar surface area (TPSA) is 58.6 Å². The number of halogens is 3. The monoisotopic (exact) mass is 448 g/mol. The van der Waals surface area contributed by atoms with E-state index in [2.05, 4.69) is 5.32 Å². The molecule has 8 heteroatoms. The Morgan fingerprint density at radius 2 is 1.62 bits per heavy atom. The first kappa shape index (κ1) is 23.8. The van der Waals surface area contributed by atoms with E-state index in [1.165, 1.54) is 4.90 Å². The average Bonchev–Trinajstić information content (AvgIpc) is 2.77. The van der Waals surface area contributed by atoms with Crippen LogP contribution in [0, 0.1) is 5.92 Å². The minimum absolute atomic E-state index is 0.0926. The smallest absolute Gasteiger partial charge is 0.401 e. The molecule has 0 spiro atoms. The lowest BCUT2D eigenvalue weighted by Crippen LogP contribution is -2.46. The maximum atomic E-state index is 12.5. The molecular weight excluding hydrogens is 421 g/mol. The minimum Gasteiger partial charge on any atom is -0.484 e. The van der Waals surface area contributed by atoms with Crippen molar-refractivity contribution in [2.45, 2.75) is 32.0 Å². The zero-order valence-electron chi connectivity index (χ0n) is 17.9. The summed E-state index contributed by atoms with van der Waals surface area (Å²) in [5.41, 5.74) is 1.12. The zero-order chi connectivity index (χ0) is 23.1. The number of nitrogens with zero attached hydrogens (tertiary/aromatic N) is 1. The van der Waals surface area contributed by atoms with Crippen LogP contribution in [0.4, 0.5) is 13.2 Å². The molecule has 1 aliphatic heterocycles. The molecule has 1 amide bonds. The normalized spacial score (nSPS) is 16.4. The number of benzene rings is 2. The Hall–Kier alpha value is -2.87. The van der Waals surface area contributed by atoms with Gasteiger partial charge in [0.05, 0.1) is 6.54 Å². The van der Waals surface area contributed by atoms with Gasteiger partial charge in [0, 0.05) is 17.2 Å². The third-order valence-corrected chi connectivity index (χ3v) is 5.65. The number of carbonyl (C=O) groups is 2. The molecule has 0 bridgehead atoms. The van der Waals surface area contributed by atoms with E-state index in [1.54, 1.807) is 48.5 Å². The van der Waals surface area contributed by atoms with Crippen LogP contribution in [0.5, 0.6) is 5.75 Å². The molecule has 2 aromatic carbocycles. The van der Waals surface area contributed by atoms with E-state index in [4.69, 9.17) is 4.74 Å². The summed E-state index contributed by atoms with van der Waals surface area (Å²) in [5, 5.41) is 2.88. The Morgan fingerprint density at radius 3 is 2.22 bits per heavy atom. The van der Waals surface area contributed by atoms with Gasteiger partial charge in [0.2, 0.25) is 0 Å². The number of piperidine rings is 1. The number of hydrogen-bond donors (Lipinski definition) is 1. The Labute approximate surface area is 185 Å². The average molecular weight is 448 g/mol. The van der Waals surface area contributed by atoms with E-state index in [0.717, 1.165) is 0 Å². The molecule has 2 aromatic rings. The Bertz CT molecular complexity index is 893. The molecule has 1 fully saturated rings. The van der Waals surface area contributed by atoms with Gasteiger partial charge in [-0.3, -0.25) is 14.5 Å². The highest BCUT2D eigenvalue weighted by atomic mass is 19.4. The van der Waals surface area contributed by atoms with Gasteiger partial charge < -0.3 is 10.1 Å². The second-order valence-corrected chi connectivity index (χ2v) is 8.09. The quantitative estimate of drug-likeness (QED) is 0.619. The van der Waals surface area contributed by atoms with E-state index in [9.17, 15) is 22.8 Å². The predicted molar refractivity (Wildman–Crippen MR) is 115 cm³/mol. The highest BCUT2D eigenvalue weighted by molar-refractivity contribution is 6.08. The van der Waals surface area contributed by atoms with Crippen molar-refractivity contribution in [3.8, 4) is 5.75 Å². The Kier molecular flexibility index (Phi) is 7.90. The van der Waals surface area contributed by atoms with Gasteiger partial charge >= 0.3 is 6.18 Å². The van der Waals surface area contributed by atoms with Gasteiger partial charge in [-0.2, -0.15) is 13.2 Å². The van der Waals surface area contributed by atoms with Gasteiger partial charge in [-0.1, -0.05) is 30.3 Å². The van der Waals surface area contributed by atoms with Gasteiger partial charge in [-0.25, -0.2) is 0 Å². The first-order valence-electron chi connectivity index (χ1n) is 10.6. The van der Waals surface area contributed by atoms with Crippen molar-refractivity contribution >= 4 is 11.7 Å². The molecular formula is C24H27F3N2O3. The van der Waals surface area contributed by atoms with Crippen LogP contribution in [-0.4, -0.2) is 55.0 Å². The molecule has 1 saturated heterocycles. The number of alkyl halides is 3. The number of carbonyl (C=O) groups excluding carboxylic acids is 2. The second kappa shape index (κ2) is 10.6.